The van der Waals surface area contributed by atoms with E-state index >= 15 is 0 Å². The van der Waals surface area contributed by atoms with Gasteiger partial charge in [0.2, 0.25) is 0 Å². The first kappa shape index (κ1) is 13.9. The molecule has 19 heavy (non-hydrogen) atoms. The summed E-state index contributed by atoms with van der Waals surface area (Å²) in [7, 11) is 0. The average molecular weight is 257 g/mol. The third-order valence-electron chi connectivity index (χ3n) is 3.32. The van der Waals surface area contributed by atoms with E-state index in [1.165, 1.54) is 24.8 Å². The fourth-order valence-corrected chi connectivity index (χ4v) is 2.25. The van der Waals surface area contributed by atoms with E-state index in [1.807, 2.05) is 12.1 Å². The molecule has 0 aliphatic heterocycles. The van der Waals surface area contributed by atoms with Crippen molar-refractivity contribution in [3.63, 3.8) is 0 Å². The van der Waals surface area contributed by atoms with Crippen molar-refractivity contribution >= 4 is 0 Å². The van der Waals surface area contributed by atoms with Gasteiger partial charge in [0, 0.05) is 12.5 Å². The molecule has 0 spiro atoms. The summed E-state index contributed by atoms with van der Waals surface area (Å²) in [6, 6.07) is 15.2. The number of benzene rings is 1. The normalized spacial score (nSPS) is 12.5. The van der Waals surface area contributed by atoms with Crippen LogP contribution in [0.5, 0.6) is 0 Å². The van der Waals surface area contributed by atoms with Gasteiger partial charge in [0.1, 0.15) is 5.76 Å². The molecule has 1 aromatic carbocycles. The van der Waals surface area contributed by atoms with Crippen LogP contribution in [0.15, 0.2) is 53.1 Å². The topological polar surface area (TPSA) is 25.2 Å². The van der Waals surface area contributed by atoms with Crippen molar-refractivity contribution in [2.24, 2.45) is 0 Å². The van der Waals surface area contributed by atoms with Gasteiger partial charge in [0.05, 0.1) is 6.26 Å². The number of rotatable bonds is 8. The maximum absolute atomic E-state index is 5.35. The largest absolute Gasteiger partial charge is 0.469 e. The predicted molar refractivity (Wildman–Crippen MR) is 79.3 cm³/mol. The Morgan fingerprint density at radius 1 is 1.05 bits per heavy atom. The smallest absolute Gasteiger partial charge is 0.105 e. The van der Waals surface area contributed by atoms with Crippen molar-refractivity contribution in [1.29, 1.82) is 0 Å². The van der Waals surface area contributed by atoms with E-state index in [9.17, 15) is 0 Å². The summed E-state index contributed by atoms with van der Waals surface area (Å²) in [4.78, 5) is 0. The first-order valence-electron chi connectivity index (χ1n) is 7.14. The first-order chi connectivity index (χ1) is 9.34. The summed E-state index contributed by atoms with van der Waals surface area (Å²) in [5.41, 5.74) is 1.44. The summed E-state index contributed by atoms with van der Waals surface area (Å²) in [6.45, 7) is 3.29. The molecule has 0 aliphatic carbocycles. The lowest BCUT2D eigenvalue weighted by atomic mass is 10.1. The lowest BCUT2D eigenvalue weighted by molar-refractivity contribution is 0.453. The van der Waals surface area contributed by atoms with Crippen molar-refractivity contribution in [3.8, 4) is 0 Å². The molecule has 1 aromatic heterocycles. The third kappa shape index (κ3) is 5.31. The Hall–Kier alpha value is -1.54. The molecule has 1 atom stereocenters. The van der Waals surface area contributed by atoms with Gasteiger partial charge in [0.15, 0.2) is 0 Å². The molecule has 1 heterocycles. The maximum atomic E-state index is 5.35. The van der Waals surface area contributed by atoms with Gasteiger partial charge in [-0.1, -0.05) is 30.3 Å². The van der Waals surface area contributed by atoms with Crippen LogP contribution in [0.3, 0.4) is 0 Å². The molecule has 1 N–H and O–H groups in total. The molecule has 0 saturated heterocycles. The Morgan fingerprint density at radius 3 is 2.63 bits per heavy atom. The van der Waals surface area contributed by atoms with E-state index in [-0.39, 0.29) is 0 Å². The van der Waals surface area contributed by atoms with Crippen LogP contribution >= 0.6 is 0 Å². The van der Waals surface area contributed by atoms with Crippen molar-refractivity contribution in [2.75, 3.05) is 6.54 Å². The molecule has 0 fully saturated rings. The van der Waals surface area contributed by atoms with Crippen LogP contribution in [0.2, 0.25) is 0 Å². The second-order valence-corrected chi connectivity index (χ2v) is 5.08. The molecule has 0 amide bonds. The van der Waals surface area contributed by atoms with Gasteiger partial charge in [-0.05, 0) is 50.4 Å². The highest BCUT2D eigenvalue weighted by Gasteiger charge is 2.04. The summed E-state index contributed by atoms with van der Waals surface area (Å²) in [5.74, 6) is 1.06. The second-order valence-electron chi connectivity index (χ2n) is 5.08. The quantitative estimate of drug-likeness (QED) is 0.727. The Kier molecular flexibility index (Phi) is 5.70. The highest BCUT2D eigenvalue weighted by molar-refractivity contribution is 5.14. The fourth-order valence-electron chi connectivity index (χ4n) is 2.25. The minimum atomic E-state index is 0.475. The predicted octanol–water partition coefficient (Wildman–Crippen LogP) is 3.82. The highest BCUT2D eigenvalue weighted by atomic mass is 16.3. The van der Waals surface area contributed by atoms with Crippen LogP contribution in [0.25, 0.3) is 0 Å². The zero-order valence-corrected chi connectivity index (χ0v) is 11.6. The molecule has 0 radical (unpaired) electrons. The maximum Gasteiger partial charge on any atom is 0.105 e. The Morgan fingerprint density at radius 2 is 1.89 bits per heavy atom. The SMILES string of the molecule is CC(Cc1ccco1)NCCCCc1ccccc1. The molecule has 2 heteroatoms. The van der Waals surface area contributed by atoms with Crippen molar-refractivity contribution in [1.82, 2.24) is 5.32 Å². The fraction of sp³-hybridized carbons (Fsp3) is 0.412. The molecule has 0 bridgehead atoms. The molecule has 2 aromatic rings. The standard InChI is InChI=1S/C17H23NO/c1-15(14-17-11-7-13-19-17)18-12-6-5-10-16-8-3-2-4-9-16/h2-4,7-9,11,13,15,18H,5-6,10,12,14H2,1H3. The Bertz CT molecular complexity index is 436. The van der Waals surface area contributed by atoms with Gasteiger partial charge in [0.25, 0.3) is 0 Å². The zero-order chi connectivity index (χ0) is 13.3. The van der Waals surface area contributed by atoms with Gasteiger partial charge >= 0.3 is 0 Å². The summed E-state index contributed by atoms with van der Waals surface area (Å²) < 4.78 is 5.35. The van der Waals surface area contributed by atoms with Crippen LogP contribution < -0.4 is 5.32 Å². The van der Waals surface area contributed by atoms with Crippen LogP contribution in [0.4, 0.5) is 0 Å². The molecule has 2 nitrogen and oxygen atoms in total. The van der Waals surface area contributed by atoms with E-state index in [1.54, 1.807) is 6.26 Å². The highest BCUT2D eigenvalue weighted by Crippen LogP contribution is 2.05. The molecule has 102 valence electrons. The lowest BCUT2D eigenvalue weighted by Gasteiger charge is -2.12. The number of furan rings is 1. The molecular formula is C17H23NO. The van der Waals surface area contributed by atoms with Gasteiger partial charge in [-0.15, -0.1) is 0 Å². The molecular weight excluding hydrogens is 234 g/mol. The Labute approximate surface area is 115 Å². The van der Waals surface area contributed by atoms with Crippen molar-refractivity contribution < 1.29 is 4.42 Å². The summed E-state index contributed by atoms with van der Waals surface area (Å²) in [6.07, 6.45) is 6.34. The van der Waals surface area contributed by atoms with Gasteiger partial charge in [-0.3, -0.25) is 0 Å². The number of unbranched alkanes of at least 4 members (excludes halogenated alkanes) is 1. The van der Waals surface area contributed by atoms with E-state index in [2.05, 4.69) is 42.6 Å². The molecule has 0 aliphatic rings. The van der Waals surface area contributed by atoms with Crippen LogP contribution in [0, 0.1) is 0 Å². The van der Waals surface area contributed by atoms with Crippen LogP contribution in [-0.2, 0) is 12.8 Å². The van der Waals surface area contributed by atoms with E-state index in [0.717, 1.165) is 18.7 Å². The summed E-state index contributed by atoms with van der Waals surface area (Å²) in [5, 5.41) is 3.55. The van der Waals surface area contributed by atoms with E-state index < -0.39 is 0 Å². The third-order valence-corrected chi connectivity index (χ3v) is 3.32. The molecule has 0 saturated carbocycles. The average Bonchev–Trinajstić information content (AvgIpc) is 2.92. The zero-order valence-electron chi connectivity index (χ0n) is 11.6. The van der Waals surface area contributed by atoms with Crippen molar-refractivity contribution in [3.05, 3.63) is 60.1 Å². The number of hydrogen-bond donors (Lipinski definition) is 1. The lowest BCUT2D eigenvalue weighted by Crippen LogP contribution is -2.28. The summed E-state index contributed by atoms with van der Waals surface area (Å²) >= 11 is 0. The minimum Gasteiger partial charge on any atom is -0.469 e. The number of hydrogen-bond acceptors (Lipinski definition) is 2. The Balaban J connectivity index is 1.54. The molecule has 1 unspecified atom stereocenters. The number of nitrogens with one attached hydrogen (secondary N) is 1. The van der Waals surface area contributed by atoms with E-state index in [4.69, 9.17) is 4.42 Å². The number of aryl methyl sites for hydroxylation is 1. The van der Waals surface area contributed by atoms with E-state index in [0.29, 0.717) is 6.04 Å². The van der Waals surface area contributed by atoms with Crippen molar-refractivity contribution in [2.45, 2.75) is 38.6 Å². The van der Waals surface area contributed by atoms with Gasteiger partial charge in [-0.2, -0.15) is 0 Å². The van der Waals surface area contributed by atoms with Crippen LogP contribution in [-0.4, -0.2) is 12.6 Å². The van der Waals surface area contributed by atoms with Crippen LogP contribution in [0.1, 0.15) is 31.1 Å². The first-order valence-corrected chi connectivity index (χ1v) is 7.14. The monoisotopic (exact) mass is 257 g/mol. The second kappa shape index (κ2) is 7.80. The minimum absolute atomic E-state index is 0.475. The molecule has 2 rings (SSSR count). The van der Waals surface area contributed by atoms with Gasteiger partial charge < -0.3 is 9.73 Å². The van der Waals surface area contributed by atoms with Gasteiger partial charge in [-0.25, -0.2) is 0 Å².